The van der Waals surface area contributed by atoms with Crippen LogP contribution in [0.4, 0.5) is 0 Å². The van der Waals surface area contributed by atoms with Crippen molar-refractivity contribution in [1.82, 2.24) is 9.97 Å². The number of benzene rings is 1. The molecule has 0 bridgehead atoms. The topological polar surface area (TPSA) is 83.3 Å². The summed E-state index contributed by atoms with van der Waals surface area (Å²) in [6.45, 7) is -0.0345. The van der Waals surface area contributed by atoms with Crippen molar-refractivity contribution in [1.29, 1.82) is 0 Å². The molecular formula is C14H12N2O3. The number of aliphatic carboxylic acids is 1. The molecule has 0 atom stereocenters. The molecule has 1 aromatic carbocycles. The summed E-state index contributed by atoms with van der Waals surface area (Å²) in [5, 5.41) is 17.6. The SMILES string of the molecule is O=C(O)C=Cc1cnc(-c2cccc(CO)c2)nc1. The number of hydrogen-bond acceptors (Lipinski definition) is 4. The molecule has 0 aliphatic rings. The molecule has 1 heterocycles. The zero-order valence-corrected chi connectivity index (χ0v) is 10.0. The van der Waals surface area contributed by atoms with Crippen LogP contribution in [-0.4, -0.2) is 26.2 Å². The molecule has 0 spiro atoms. The minimum Gasteiger partial charge on any atom is -0.478 e. The van der Waals surface area contributed by atoms with E-state index in [1.807, 2.05) is 24.3 Å². The first kappa shape index (κ1) is 12.9. The van der Waals surface area contributed by atoms with Crippen molar-refractivity contribution in [3.63, 3.8) is 0 Å². The van der Waals surface area contributed by atoms with Gasteiger partial charge in [0.25, 0.3) is 0 Å². The van der Waals surface area contributed by atoms with Gasteiger partial charge in [-0.2, -0.15) is 0 Å². The zero-order chi connectivity index (χ0) is 13.7. The van der Waals surface area contributed by atoms with E-state index in [9.17, 15) is 4.79 Å². The number of hydrogen-bond donors (Lipinski definition) is 2. The molecule has 0 saturated carbocycles. The predicted molar refractivity (Wildman–Crippen MR) is 70.1 cm³/mol. The van der Waals surface area contributed by atoms with Gasteiger partial charge in [-0.15, -0.1) is 0 Å². The summed E-state index contributed by atoms with van der Waals surface area (Å²) in [4.78, 5) is 18.7. The summed E-state index contributed by atoms with van der Waals surface area (Å²) in [7, 11) is 0. The highest BCUT2D eigenvalue weighted by molar-refractivity contribution is 5.85. The summed E-state index contributed by atoms with van der Waals surface area (Å²) in [5.41, 5.74) is 2.21. The van der Waals surface area contributed by atoms with Crippen molar-refractivity contribution in [3.8, 4) is 11.4 Å². The van der Waals surface area contributed by atoms with Crippen LogP contribution in [0.2, 0.25) is 0 Å². The quantitative estimate of drug-likeness (QED) is 0.814. The van der Waals surface area contributed by atoms with E-state index in [1.165, 1.54) is 6.08 Å². The van der Waals surface area contributed by atoms with Gasteiger partial charge >= 0.3 is 5.97 Å². The first-order chi connectivity index (χ1) is 9.19. The normalized spacial score (nSPS) is 10.8. The second-order valence-electron chi connectivity index (χ2n) is 3.87. The van der Waals surface area contributed by atoms with Gasteiger partial charge in [-0.1, -0.05) is 18.2 Å². The Bertz CT molecular complexity index is 606. The second kappa shape index (κ2) is 5.88. The van der Waals surface area contributed by atoms with E-state index in [2.05, 4.69) is 9.97 Å². The standard InChI is InChI=1S/C14H12N2O3/c17-9-10-2-1-3-12(6-10)14-15-7-11(8-16-14)4-5-13(18)19/h1-8,17H,9H2,(H,18,19). The minimum absolute atomic E-state index is 0.0345. The van der Waals surface area contributed by atoms with Gasteiger partial charge in [0.2, 0.25) is 0 Å². The molecule has 2 aromatic rings. The minimum atomic E-state index is -1.01. The lowest BCUT2D eigenvalue weighted by molar-refractivity contribution is -0.131. The molecule has 5 nitrogen and oxygen atoms in total. The smallest absolute Gasteiger partial charge is 0.328 e. The summed E-state index contributed by atoms with van der Waals surface area (Å²) in [6.07, 6.45) is 5.56. The molecule has 2 N–H and O–H groups in total. The third kappa shape index (κ3) is 3.46. The maximum absolute atomic E-state index is 10.4. The van der Waals surface area contributed by atoms with Crippen LogP contribution in [0, 0.1) is 0 Å². The summed E-state index contributed by atoms with van der Waals surface area (Å²) < 4.78 is 0. The molecule has 0 unspecified atom stereocenters. The Labute approximate surface area is 109 Å². The van der Waals surface area contributed by atoms with E-state index >= 15 is 0 Å². The number of nitrogens with zero attached hydrogens (tertiary/aromatic N) is 2. The average molecular weight is 256 g/mol. The monoisotopic (exact) mass is 256 g/mol. The molecule has 0 aliphatic carbocycles. The maximum Gasteiger partial charge on any atom is 0.328 e. The van der Waals surface area contributed by atoms with E-state index in [-0.39, 0.29) is 6.61 Å². The van der Waals surface area contributed by atoms with Crippen molar-refractivity contribution in [3.05, 3.63) is 53.9 Å². The Morgan fingerprint density at radius 2 is 2.00 bits per heavy atom. The molecule has 0 fully saturated rings. The van der Waals surface area contributed by atoms with Crippen LogP contribution in [0.5, 0.6) is 0 Å². The lowest BCUT2D eigenvalue weighted by Gasteiger charge is -2.02. The third-order valence-corrected chi connectivity index (χ3v) is 2.46. The van der Waals surface area contributed by atoms with E-state index < -0.39 is 5.97 Å². The fraction of sp³-hybridized carbons (Fsp3) is 0.0714. The van der Waals surface area contributed by atoms with E-state index in [4.69, 9.17) is 10.2 Å². The van der Waals surface area contributed by atoms with E-state index in [0.717, 1.165) is 17.2 Å². The molecule has 96 valence electrons. The summed E-state index contributed by atoms with van der Waals surface area (Å²) in [6, 6.07) is 7.29. The Kier molecular flexibility index (Phi) is 4.00. The van der Waals surface area contributed by atoms with Crippen molar-refractivity contribution in [2.24, 2.45) is 0 Å². The van der Waals surface area contributed by atoms with Gasteiger partial charge < -0.3 is 10.2 Å². The fourth-order valence-electron chi connectivity index (χ4n) is 1.55. The highest BCUT2D eigenvalue weighted by Crippen LogP contribution is 2.16. The Morgan fingerprint density at radius 1 is 1.26 bits per heavy atom. The molecule has 5 heteroatoms. The highest BCUT2D eigenvalue weighted by atomic mass is 16.4. The van der Waals surface area contributed by atoms with Crippen molar-refractivity contribution < 1.29 is 15.0 Å². The van der Waals surface area contributed by atoms with Crippen LogP contribution in [0.25, 0.3) is 17.5 Å². The van der Waals surface area contributed by atoms with Gasteiger partial charge in [0.05, 0.1) is 6.61 Å². The van der Waals surface area contributed by atoms with Crippen LogP contribution in [-0.2, 0) is 11.4 Å². The lowest BCUT2D eigenvalue weighted by Crippen LogP contribution is -1.92. The van der Waals surface area contributed by atoms with Gasteiger partial charge in [-0.05, 0) is 17.7 Å². The predicted octanol–water partition coefficient (Wildman–Crippen LogP) is 1.73. The molecular weight excluding hydrogens is 244 g/mol. The van der Waals surface area contributed by atoms with Crippen molar-refractivity contribution in [2.75, 3.05) is 0 Å². The molecule has 1 aromatic heterocycles. The van der Waals surface area contributed by atoms with Crippen LogP contribution >= 0.6 is 0 Å². The van der Waals surface area contributed by atoms with Gasteiger partial charge in [0.1, 0.15) is 0 Å². The largest absolute Gasteiger partial charge is 0.478 e. The maximum atomic E-state index is 10.4. The first-order valence-corrected chi connectivity index (χ1v) is 5.62. The Balaban J connectivity index is 2.24. The van der Waals surface area contributed by atoms with Gasteiger partial charge in [0, 0.05) is 29.6 Å². The van der Waals surface area contributed by atoms with Crippen molar-refractivity contribution >= 4 is 12.0 Å². The summed E-state index contributed by atoms with van der Waals surface area (Å²) >= 11 is 0. The number of rotatable bonds is 4. The molecule has 19 heavy (non-hydrogen) atoms. The van der Waals surface area contributed by atoms with Crippen LogP contribution in [0.3, 0.4) is 0 Å². The number of aliphatic hydroxyl groups excluding tert-OH is 1. The molecule has 0 aliphatic heterocycles. The molecule has 0 saturated heterocycles. The third-order valence-electron chi connectivity index (χ3n) is 2.46. The van der Waals surface area contributed by atoms with Crippen LogP contribution in [0.1, 0.15) is 11.1 Å². The average Bonchev–Trinajstić information content (AvgIpc) is 2.45. The Morgan fingerprint density at radius 3 is 2.63 bits per heavy atom. The second-order valence-corrected chi connectivity index (χ2v) is 3.87. The summed E-state index contributed by atoms with van der Waals surface area (Å²) in [5.74, 6) is -0.484. The first-order valence-electron chi connectivity index (χ1n) is 5.62. The van der Waals surface area contributed by atoms with Gasteiger partial charge in [-0.3, -0.25) is 0 Å². The van der Waals surface area contributed by atoms with Gasteiger partial charge in [0.15, 0.2) is 5.82 Å². The van der Waals surface area contributed by atoms with Gasteiger partial charge in [-0.25, -0.2) is 14.8 Å². The number of aliphatic hydroxyl groups is 1. The highest BCUT2D eigenvalue weighted by Gasteiger charge is 2.01. The van der Waals surface area contributed by atoms with Crippen LogP contribution < -0.4 is 0 Å². The number of carbonyl (C=O) groups is 1. The fourth-order valence-corrected chi connectivity index (χ4v) is 1.55. The number of aromatic nitrogens is 2. The van der Waals surface area contributed by atoms with E-state index in [1.54, 1.807) is 12.4 Å². The molecule has 0 radical (unpaired) electrons. The van der Waals surface area contributed by atoms with E-state index in [0.29, 0.717) is 11.4 Å². The molecule has 2 rings (SSSR count). The molecule has 0 amide bonds. The lowest BCUT2D eigenvalue weighted by atomic mass is 10.1. The zero-order valence-electron chi connectivity index (χ0n) is 10.0. The number of carboxylic acid groups (broad SMARTS) is 1. The Hall–Kier alpha value is -2.53. The van der Waals surface area contributed by atoms with Crippen molar-refractivity contribution in [2.45, 2.75) is 6.61 Å². The van der Waals surface area contributed by atoms with Crippen LogP contribution in [0.15, 0.2) is 42.7 Å². The number of carboxylic acids is 1.